The van der Waals surface area contributed by atoms with E-state index in [4.69, 9.17) is 4.74 Å². The third-order valence-electron chi connectivity index (χ3n) is 3.01. The molecule has 0 heterocycles. The highest BCUT2D eigenvalue weighted by Gasteiger charge is 1.94. The molecule has 0 atom stereocenters. The minimum atomic E-state index is 0.781. The Kier molecular flexibility index (Phi) is 8.45. The van der Waals surface area contributed by atoms with Gasteiger partial charge in [-0.25, -0.2) is 0 Å². The van der Waals surface area contributed by atoms with Crippen LogP contribution < -0.4 is 4.74 Å². The summed E-state index contributed by atoms with van der Waals surface area (Å²) in [5, 5.41) is 0. The van der Waals surface area contributed by atoms with Crippen LogP contribution in [0.3, 0.4) is 0 Å². The number of unbranched alkanes of at least 4 members (excludes halogenated alkanes) is 5. The Morgan fingerprint density at radius 1 is 1.00 bits per heavy atom. The van der Waals surface area contributed by atoms with E-state index in [-0.39, 0.29) is 0 Å². The zero-order valence-electron chi connectivity index (χ0n) is 11.8. The van der Waals surface area contributed by atoms with Crippen molar-refractivity contribution in [3.8, 4) is 5.75 Å². The molecule has 1 rings (SSSR count). The molecule has 0 amide bonds. The van der Waals surface area contributed by atoms with E-state index in [9.17, 15) is 4.79 Å². The smallest absolute Gasteiger partial charge is 0.142 e. The Morgan fingerprint density at radius 3 is 2.37 bits per heavy atom. The molecule has 0 unspecified atom stereocenters. The first kappa shape index (κ1) is 15.5. The van der Waals surface area contributed by atoms with Crippen LogP contribution in [0, 0.1) is 0 Å². The predicted molar refractivity (Wildman–Crippen MR) is 80.4 cm³/mol. The van der Waals surface area contributed by atoms with Gasteiger partial charge in [-0.05, 0) is 30.2 Å². The molecule has 2 heteroatoms. The minimum Gasteiger partial charge on any atom is -0.494 e. The molecule has 0 aromatic heterocycles. The molecule has 0 N–H and O–H groups in total. The Hall–Kier alpha value is -1.57. The minimum absolute atomic E-state index is 0.781. The number of carbonyl (C=O) groups is 1. The molecule has 0 aliphatic carbocycles. The molecule has 2 nitrogen and oxygen atoms in total. The first-order chi connectivity index (χ1) is 9.36. The van der Waals surface area contributed by atoms with Gasteiger partial charge in [-0.15, -0.1) is 0 Å². The fourth-order valence-corrected chi connectivity index (χ4v) is 1.90. The van der Waals surface area contributed by atoms with Gasteiger partial charge in [-0.2, -0.15) is 0 Å². The van der Waals surface area contributed by atoms with Crippen LogP contribution in [0.1, 0.15) is 51.0 Å². The largest absolute Gasteiger partial charge is 0.494 e. The van der Waals surface area contributed by atoms with Crippen LogP contribution in [0.4, 0.5) is 0 Å². The molecule has 0 fully saturated rings. The van der Waals surface area contributed by atoms with Crippen molar-refractivity contribution in [1.29, 1.82) is 0 Å². The van der Waals surface area contributed by atoms with E-state index in [2.05, 4.69) is 6.92 Å². The maximum absolute atomic E-state index is 10.2. The molecule has 0 radical (unpaired) electrons. The second-order valence-electron chi connectivity index (χ2n) is 4.68. The summed E-state index contributed by atoms with van der Waals surface area (Å²) in [5.41, 5.74) is 1.01. The molecule has 0 spiro atoms. The van der Waals surface area contributed by atoms with E-state index in [1.54, 1.807) is 6.08 Å². The summed E-state index contributed by atoms with van der Waals surface area (Å²) >= 11 is 0. The van der Waals surface area contributed by atoms with Gasteiger partial charge in [0, 0.05) is 0 Å². The zero-order chi connectivity index (χ0) is 13.8. The first-order valence-corrected chi connectivity index (χ1v) is 7.21. The lowest BCUT2D eigenvalue weighted by Crippen LogP contribution is -1.97. The molecular weight excluding hydrogens is 236 g/mol. The van der Waals surface area contributed by atoms with E-state index in [1.807, 2.05) is 24.3 Å². The third kappa shape index (κ3) is 7.45. The highest BCUT2D eigenvalue weighted by atomic mass is 16.5. The number of benzene rings is 1. The van der Waals surface area contributed by atoms with Gasteiger partial charge in [-0.3, -0.25) is 4.79 Å². The second-order valence-corrected chi connectivity index (χ2v) is 4.68. The number of ether oxygens (including phenoxy) is 1. The van der Waals surface area contributed by atoms with Crippen LogP contribution in [0.5, 0.6) is 5.75 Å². The van der Waals surface area contributed by atoms with Crippen molar-refractivity contribution in [2.45, 2.75) is 45.4 Å². The summed E-state index contributed by atoms with van der Waals surface area (Å²) in [6, 6.07) is 7.80. The fraction of sp³-hybridized carbons (Fsp3) is 0.471. The Morgan fingerprint density at radius 2 is 1.68 bits per heavy atom. The molecule has 0 saturated heterocycles. The number of aldehydes is 1. The van der Waals surface area contributed by atoms with Crippen molar-refractivity contribution in [1.82, 2.24) is 0 Å². The van der Waals surface area contributed by atoms with Crippen molar-refractivity contribution < 1.29 is 9.53 Å². The van der Waals surface area contributed by atoms with Gasteiger partial charge >= 0.3 is 0 Å². The van der Waals surface area contributed by atoms with Crippen LogP contribution in [0.15, 0.2) is 30.3 Å². The monoisotopic (exact) mass is 260 g/mol. The number of rotatable bonds is 10. The van der Waals surface area contributed by atoms with Crippen molar-refractivity contribution >= 4 is 12.4 Å². The van der Waals surface area contributed by atoms with Crippen molar-refractivity contribution in [3.63, 3.8) is 0 Å². The topological polar surface area (TPSA) is 26.3 Å². The van der Waals surface area contributed by atoms with Crippen LogP contribution >= 0.6 is 0 Å². The molecular formula is C17H24O2. The van der Waals surface area contributed by atoms with Crippen molar-refractivity contribution in [2.24, 2.45) is 0 Å². The average molecular weight is 260 g/mol. The summed E-state index contributed by atoms with van der Waals surface area (Å²) in [7, 11) is 0. The number of hydrogen-bond donors (Lipinski definition) is 0. The van der Waals surface area contributed by atoms with Crippen LogP contribution in [0.25, 0.3) is 6.08 Å². The predicted octanol–water partition coefficient (Wildman–Crippen LogP) is 4.64. The number of allylic oxidation sites excluding steroid dienone is 1. The maximum Gasteiger partial charge on any atom is 0.142 e. The van der Waals surface area contributed by atoms with Gasteiger partial charge in [0.25, 0.3) is 0 Å². The quantitative estimate of drug-likeness (QED) is 0.348. The molecule has 0 aliphatic heterocycles. The third-order valence-corrected chi connectivity index (χ3v) is 3.01. The van der Waals surface area contributed by atoms with Gasteiger partial charge in [0.05, 0.1) is 6.61 Å². The summed E-state index contributed by atoms with van der Waals surface area (Å²) < 4.78 is 5.68. The van der Waals surface area contributed by atoms with Gasteiger partial charge in [0.1, 0.15) is 12.0 Å². The first-order valence-electron chi connectivity index (χ1n) is 7.21. The lowest BCUT2D eigenvalue weighted by atomic mass is 10.1. The lowest BCUT2D eigenvalue weighted by Gasteiger charge is -2.06. The van der Waals surface area contributed by atoms with E-state index in [1.165, 1.54) is 38.2 Å². The van der Waals surface area contributed by atoms with Crippen LogP contribution in [-0.4, -0.2) is 12.9 Å². The molecule has 0 bridgehead atoms. The van der Waals surface area contributed by atoms with Gasteiger partial charge < -0.3 is 4.74 Å². The molecule has 1 aromatic rings. The summed E-state index contributed by atoms with van der Waals surface area (Å²) in [6.07, 6.45) is 11.7. The summed E-state index contributed by atoms with van der Waals surface area (Å²) in [5.74, 6) is 0.900. The van der Waals surface area contributed by atoms with E-state index >= 15 is 0 Å². The average Bonchev–Trinajstić information content (AvgIpc) is 2.45. The lowest BCUT2D eigenvalue weighted by molar-refractivity contribution is -0.104. The summed E-state index contributed by atoms with van der Waals surface area (Å²) in [4.78, 5) is 10.2. The van der Waals surface area contributed by atoms with E-state index < -0.39 is 0 Å². The normalized spacial score (nSPS) is 10.8. The second kappa shape index (κ2) is 10.4. The Bertz CT molecular complexity index is 365. The van der Waals surface area contributed by atoms with Gasteiger partial charge in [-0.1, -0.05) is 57.2 Å². The highest BCUT2D eigenvalue weighted by Crippen LogP contribution is 2.14. The number of carbonyl (C=O) groups excluding carboxylic acids is 1. The molecule has 1 aromatic carbocycles. The van der Waals surface area contributed by atoms with E-state index in [0.29, 0.717) is 0 Å². The van der Waals surface area contributed by atoms with Gasteiger partial charge in [0.15, 0.2) is 0 Å². The Balaban J connectivity index is 2.15. The molecule has 19 heavy (non-hydrogen) atoms. The van der Waals surface area contributed by atoms with Crippen molar-refractivity contribution in [3.05, 3.63) is 35.9 Å². The SMILES string of the molecule is CCCCCCCCOc1ccc(C=CC=O)cc1. The van der Waals surface area contributed by atoms with E-state index in [0.717, 1.165) is 30.6 Å². The molecule has 0 saturated carbocycles. The van der Waals surface area contributed by atoms with Crippen LogP contribution in [-0.2, 0) is 4.79 Å². The molecule has 0 aliphatic rings. The summed E-state index contributed by atoms with van der Waals surface area (Å²) in [6.45, 7) is 3.02. The fourth-order valence-electron chi connectivity index (χ4n) is 1.90. The Labute approximate surface area is 116 Å². The van der Waals surface area contributed by atoms with Crippen LogP contribution in [0.2, 0.25) is 0 Å². The maximum atomic E-state index is 10.2. The van der Waals surface area contributed by atoms with Gasteiger partial charge in [0.2, 0.25) is 0 Å². The zero-order valence-corrected chi connectivity index (χ0v) is 11.8. The number of hydrogen-bond acceptors (Lipinski definition) is 2. The standard InChI is InChI=1S/C17H24O2/c1-2-3-4-5-6-7-15-19-17-12-10-16(11-13-17)9-8-14-18/h8-14H,2-7,15H2,1H3. The van der Waals surface area contributed by atoms with Crippen molar-refractivity contribution in [2.75, 3.05) is 6.61 Å². The highest BCUT2D eigenvalue weighted by molar-refractivity contribution is 5.73. The molecule has 104 valence electrons.